The molecule has 0 fully saturated rings. The predicted molar refractivity (Wildman–Crippen MR) is 110 cm³/mol. The number of benzene rings is 1. The van der Waals surface area contributed by atoms with Crippen molar-refractivity contribution in [2.75, 3.05) is 6.54 Å². The molecule has 1 aromatic carbocycles. The van der Waals surface area contributed by atoms with Gasteiger partial charge in [0.05, 0.1) is 17.3 Å². The maximum absolute atomic E-state index is 14.0. The van der Waals surface area contributed by atoms with E-state index in [1.807, 2.05) is 13.0 Å². The summed E-state index contributed by atoms with van der Waals surface area (Å²) in [4.78, 5) is 17.9. The summed E-state index contributed by atoms with van der Waals surface area (Å²) in [6.45, 7) is 1.92. The summed E-state index contributed by atoms with van der Waals surface area (Å²) in [6.07, 6.45) is 3.44. The van der Waals surface area contributed by atoms with Gasteiger partial charge < -0.3 is 5.32 Å². The smallest absolute Gasteiger partial charge is 0.292 e. The number of hydrogen-bond donors (Lipinski definition) is 1. The fourth-order valence-corrected chi connectivity index (χ4v) is 3.24. The van der Waals surface area contributed by atoms with Crippen LogP contribution in [0.5, 0.6) is 0 Å². The van der Waals surface area contributed by atoms with Crippen LogP contribution in [0.2, 0.25) is 0 Å². The van der Waals surface area contributed by atoms with Crippen LogP contribution in [-0.4, -0.2) is 47.4 Å². The predicted octanol–water partition coefficient (Wildman–Crippen LogP) is 1.68. The molecule has 33 heavy (non-hydrogen) atoms. The minimum atomic E-state index is -0.896. The number of nitrogens with one attached hydrogen (secondary N) is 1. The molecule has 0 aliphatic heterocycles. The molecule has 4 aromatic rings. The van der Waals surface area contributed by atoms with E-state index < -0.39 is 23.0 Å². The normalized spacial score (nSPS) is 12.7. The monoisotopic (exact) mass is 449 g/mol. The zero-order valence-corrected chi connectivity index (χ0v) is 17.6. The molecular formula is C21H17F2N9O. The molecule has 10 nitrogen and oxygen atoms in total. The summed E-state index contributed by atoms with van der Waals surface area (Å²) >= 11 is 0. The Morgan fingerprint density at radius 3 is 2.79 bits per heavy atom. The molecular weight excluding hydrogens is 432 g/mol. The summed E-state index contributed by atoms with van der Waals surface area (Å²) < 4.78 is 28.7. The number of carbonyl (C=O) groups is 1. The van der Waals surface area contributed by atoms with E-state index in [0.29, 0.717) is 11.8 Å². The molecule has 3 aromatic heterocycles. The van der Waals surface area contributed by atoms with Gasteiger partial charge in [-0.05, 0) is 36.4 Å². The lowest BCUT2D eigenvalue weighted by molar-refractivity contribution is 0.0936. The van der Waals surface area contributed by atoms with Crippen LogP contribution in [0.15, 0.2) is 48.8 Å². The highest BCUT2D eigenvalue weighted by Crippen LogP contribution is 2.30. The van der Waals surface area contributed by atoms with Crippen LogP contribution in [-0.2, 0) is 12.5 Å². The Kier molecular flexibility index (Phi) is 5.61. The van der Waals surface area contributed by atoms with Crippen molar-refractivity contribution >= 4 is 5.91 Å². The van der Waals surface area contributed by atoms with E-state index in [4.69, 9.17) is 0 Å². The first-order valence-corrected chi connectivity index (χ1v) is 9.70. The molecule has 0 radical (unpaired) electrons. The Hall–Kier alpha value is -4.53. The summed E-state index contributed by atoms with van der Waals surface area (Å²) in [6, 6.07) is 9.93. The molecule has 0 spiro atoms. The quantitative estimate of drug-likeness (QED) is 0.474. The van der Waals surface area contributed by atoms with Crippen LogP contribution in [0.25, 0.3) is 5.69 Å². The topological polar surface area (TPSA) is 127 Å². The van der Waals surface area contributed by atoms with E-state index in [0.717, 1.165) is 22.5 Å². The van der Waals surface area contributed by atoms with Crippen LogP contribution >= 0.6 is 0 Å². The van der Waals surface area contributed by atoms with Gasteiger partial charge in [-0.3, -0.25) is 9.48 Å². The van der Waals surface area contributed by atoms with Crippen LogP contribution < -0.4 is 5.32 Å². The maximum Gasteiger partial charge on any atom is 0.292 e. The number of halogens is 2. The Morgan fingerprint density at radius 1 is 1.27 bits per heavy atom. The first kappa shape index (κ1) is 21.7. The van der Waals surface area contributed by atoms with E-state index in [2.05, 4.69) is 30.8 Å². The molecule has 1 amide bonds. The number of hydrogen-bond acceptors (Lipinski definition) is 7. The van der Waals surface area contributed by atoms with Crippen molar-refractivity contribution in [2.45, 2.75) is 12.3 Å². The number of aryl methyl sites for hydroxylation is 1. The largest absolute Gasteiger partial charge is 0.348 e. The average Bonchev–Trinajstić information content (AvgIpc) is 3.47. The minimum Gasteiger partial charge on any atom is -0.348 e. The van der Waals surface area contributed by atoms with Gasteiger partial charge >= 0.3 is 0 Å². The molecule has 3 heterocycles. The van der Waals surface area contributed by atoms with Gasteiger partial charge in [0.1, 0.15) is 23.3 Å². The second kappa shape index (κ2) is 8.54. The third-order valence-electron chi connectivity index (χ3n) is 5.12. The number of tetrazole rings is 1. The third-order valence-corrected chi connectivity index (χ3v) is 5.12. The van der Waals surface area contributed by atoms with Gasteiger partial charge in [0.25, 0.3) is 11.7 Å². The lowest BCUT2D eigenvalue weighted by Crippen LogP contribution is -2.40. The summed E-state index contributed by atoms with van der Waals surface area (Å²) in [5.74, 6) is -2.61. The average molecular weight is 449 g/mol. The van der Waals surface area contributed by atoms with Crippen molar-refractivity contribution in [3.05, 3.63) is 83.2 Å². The number of pyridine rings is 1. The van der Waals surface area contributed by atoms with E-state index in [1.165, 1.54) is 0 Å². The molecule has 1 N–H and O–H groups in total. The van der Waals surface area contributed by atoms with Gasteiger partial charge in [0.2, 0.25) is 0 Å². The van der Waals surface area contributed by atoms with Crippen molar-refractivity contribution in [2.24, 2.45) is 7.05 Å². The molecule has 4 rings (SSSR count). The van der Waals surface area contributed by atoms with E-state index in [-0.39, 0.29) is 23.8 Å². The van der Waals surface area contributed by atoms with Crippen LogP contribution in [0.4, 0.5) is 8.78 Å². The van der Waals surface area contributed by atoms with Crippen molar-refractivity contribution in [3.8, 4) is 11.8 Å². The van der Waals surface area contributed by atoms with Gasteiger partial charge in [-0.25, -0.2) is 13.8 Å². The lowest BCUT2D eigenvalue weighted by atomic mass is 9.80. The fraction of sp³-hybridized carbons (Fsp3) is 0.190. The van der Waals surface area contributed by atoms with E-state index >= 15 is 0 Å². The molecule has 1 unspecified atom stereocenters. The molecule has 0 saturated heterocycles. The van der Waals surface area contributed by atoms with E-state index in [9.17, 15) is 18.8 Å². The molecule has 166 valence electrons. The first-order valence-electron chi connectivity index (χ1n) is 9.70. The van der Waals surface area contributed by atoms with E-state index in [1.54, 1.807) is 42.3 Å². The number of nitrogens with zero attached hydrogens (tertiary/aromatic N) is 8. The zero-order chi connectivity index (χ0) is 23.6. The fourth-order valence-electron chi connectivity index (χ4n) is 3.24. The maximum atomic E-state index is 14.0. The molecule has 12 heteroatoms. The molecule has 0 aliphatic carbocycles. The van der Waals surface area contributed by atoms with Crippen LogP contribution in [0.3, 0.4) is 0 Å². The Labute approximate surface area is 186 Å². The van der Waals surface area contributed by atoms with Gasteiger partial charge in [-0.15, -0.1) is 15.0 Å². The van der Waals surface area contributed by atoms with Crippen molar-refractivity contribution < 1.29 is 13.6 Å². The highest BCUT2D eigenvalue weighted by atomic mass is 19.1. The van der Waals surface area contributed by atoms with Crippen molar-refractivity contribution in [3.63, 3.8) is 0 Å². The summed E-state index contributed by atoms with van der Waals surface area (Å²) in [5, 5.41) is 27.4. The molecule has 0 bridgehead atoms. The third kappa shape index (κ3) is 4.29. The number of nitriles is 1. The molecule has 0 saturated carbocycles. The second-order valence-corrected chi connectivity index (χ2v) is 7.44. The van der Waals surface area contributed by atoms with Crippen LogP contribution in [0.1, 0.15) is 34.5 Å². The van der Waals surface area contributed by atoms with Gasteiger partial charge in [-0.1, -0.05) is 6.07 Å². The molecule has 1 atom stereocenters. The number of aromatic nitrogens is 7. The standard InChI is InChI=1S/C21H17F2N9O/c1-21(13-10-26-31(2)11-13,18-5-3-4-15(9-24)27-18)12-25-20(33)19-28-30-32(29-19)17-7-6-14(22)8-16(17)23/h3-8,10-11H,12H2,1-2H3,(H,25,33). The van der Waals surface area contributed by atoms with Crippen molar-refractivity contribution in [1.82, 2.24) is 40.3 Å². The van der Waals surface area contributed by atoms with Gasteiger partial charge in [0.15, 0.2) is 5.82 Å². The molecule has 0 aliphatic rings. The highest BCUT2D eigenvalue weighted by Gasteiger charge is 2.33. The lowest BCUT2D eigenvalue weighted by Gasteiger charge is -2.28. The van der Waals surface area contributed by atoms with Crippen molar-refractivity contribution in [1.29, 1.82) is 5.26 Å². The number of rotatable bonds is 6. The highest BCUT2D eigenvalue weighted by molar-refractivity contribution is 5.90. The summed E-state index contributed by atoms with van der Waals surface area (Å²) in [7, 11) is 1.76. The van der Waals surface area contributed by atoms with Gasteiger partial charge in [-0.2, -0.15) is 10.4 Å². The Bertz CT molecular complexity index is 1370. The Balaban J connectivity index is 1.59. The van der Waals surface area contributed by atoms with Gasteiger partial charge in [0, 0.05) is 31.4 Å². The Morgan fingerprint density at radius 2 is 2.09 bits per heavy atom. The minimum absolute atomic E-state index is 0.0683. The first-order chi connectivity index (χ1) is 15.8. The number of carbonyl (C=O) groups excluding carboxylic acids is 1. The second-order valence-electron chi connectivity index (χ2n) is 7.44. The van der Waals surface area contributed by atoms with Crippen LogP contribution in [0, 0.1) is 23.0 Å². The number of amides is 1. The summed E-state index contributed by atoms with van der Waals surface area (Å²) in [5.41, 5.74) is 0.564. The zero-order valence-electron chi connectivity index (χ0n) is 17.6. The SMILES string of the molecule is Cn1cc(C(C)(CNC(=O)c2nnn(-c3ccc(F)cc3F)n2)c2cccc(C#N)n2)cn1.